The fraction of sp³-hybridized carbons (Fsp3) is 0.788. The summed E-state index contributed by atoms with van der Waals surface area (Å²) in [4.78, 5) is 40.4. The molecule has 3 aliphatic carbocycles. The van der Waals surface area contributed by atoms with Crippen molar-refractivity contribution >= 4 is 17.9 Å². The lowest BCUT2D eigenvalue weighted by Gasteiger charge is -2.67. The average molecular weight is 665 g/mol. The Morgan fingerprint density at radius 3 is 2.43 bits per heavy atom. The monoisotopic (exact) mass is 664 g/mol. The highest BCUT2D eigenvalue weighted by molar-refractivity contribution is 5.88. The molecule has 2 bridgehead atoms. The number of esters is 3. The van der Waals surface area contributed by atoms with E-state index in [1.165, 1.54) is 19.4 Å². The topological polar surface area (TPSA) is 200 Å². The first-order valence-electron chi connectivity index (χ1n) is 16.1. The number of methoxy groups -OCH3 is 2. The number of carbonyl (C=O) groups is 3. The summed E-state index contributed by atoms with van der Waals surface area (Å²) >= 11 is 0. The fourth-order valence-electron chi connectivity index (χ4n) is 11.4. The van der Waals surface area contributed by atoms with Crippen LogP contribution in [0.2, 0.25) is 0 Å². The molecule has 14 nitrogen and oxygen atoms in total. The van der Waals surface area contributed by atoms with Crippen LogP contribution in [0.3, 0.4) is 0 Å². The minimum absolute atomic E-state index is 0.272. The van der Waals surface area contributed by atoms with Crippen LogP contribution in [0, 0.1) is 34.0 Å². The molecule has 3 saturated heterocycles. The molecular weight excluding hydrogens is 620 g/mol. The van der Waals surface area contributed by atoms with Crippen LogP contribution in [-0.2, 0) is 47.5 Å². The van der Waals surface area contributed by atoms with Crippen LogP contribution in [0.1, 0.15) is 47.5 Å². The van der Waals surface area contributed by atoms with E-state index in [-0.39, 0.29) is 18.6 Å². The maximum absolute atomic E-state index is 14.0. The van der Waals surface area contributed by atoms with Gasteiger partial charge in [-0.05, 0) is 33.3 Å². The number of hydrogen-bond acceptors (Lipinski definition) is 14. The van der Waals surface area contributed by atoms with E-state index in [0.29, 0.717) is 6.42 Å². The van der Waals surface area contributed by atoms with E-state index in [2.05, 4.69) is 0 Å². The van der Waals surface area contributed by atoms with Crippen molar-refractivity contribution in [2.75, 3.05) is 20.8 Å². The zero-order valence-corrected chi connectivity index (χ0v) is 27.5. The zero-order chi connectivity index (χ0) is 34.3. The van der Waals surface area contributed by atoms with Gasteiger partial charge in [0, 0.05) is 40.6 Å². The summed E-state index contributed by atoms with van der Waals surface area (Å²) in [5, 5.41) is 48.6. The van der Waals surface area contributed by atoms with E-state index >= 15 is 0 Å². The van der Waals surface area contributed by atoms with Crippen molar-refractivity contribution in [2.24, 2.45) is 34.0 Å². The molecule has 260 valence electrons. The second kappa shape index (κ2) is 9.99. The summed E-state index contributed by atoms with van der Waals surface area (Å²) in [5.41, 5.74) is -8.80. The lowest BCUT2D eigenvalue weighted by Crippen LogP contribution is -2.78. The summed E-state index contributed by atoms with van der Waals surface area (Å²) in [6.07, 6.45) is -4.66. The van der Waals surface area contributed by atoms with Gasteiger partial charge in [0.25, 0.3) is 0 Å². The quantitative estimate of drug-likeness (QED) is 0.127. The summed E-state index contributed by atoms with van der Waals surface area (Å²) < 4.78 is 41.2. The number of rotatable bonds is 6. The second-order valence-electron chi connectivity index (χ2n) is 15.0. The van der Waals surface area contributed by atoms with Gasteiger partial charge in [-0.25, -0.2) is 9.59 Å². The number of carbonyl (C=O) groups excluding carboxylic acids is 3. The molecule has 0 aromatic heterocycles. The maximum atomic E-state index is 14.0. The third kappa shape index (κ3) is 3.47. The molecule has 3 saturated carbocycles. The zero-order valence-electron chi connectivity index (χ0n) is 27.5. The largest absolute Gasteiger partial charge is 0.469 e. The summed E-state index contributed by atoms with van der Waals surface area (Å²) in [6.45, 7) is 7.98. The van der Waals surface area contributed by atoms with Crippen LogP contribution >= 0.6 is 0 Å². The Balaban J connectivity index is 1.42. The fourth-order valence-corrected chi connectivity index (χ4v) is 11.4. The predicted octanol–water partition coefficient (Wildman–Crippen LogP) is -0.112. The second-order valence-corrected chi connectivity index (χ2v) is 15.0. The number of ether oxygens (including phenoxy) is 7. The molecule has 0 amide bonds. The first-order valence-corrected chi connectivity index (χ1v) is 16.1. The van der Waals surface area contributed by atoms with Gasteiger partial charge in [0.05, 0.1) is 51.5 Å². The van der Waals surface area contributed by atoms with Gasteiger partial charge in [-0.15, -0.1) is 0 Å². The van der Waals surface area contributed by atoms with Gasteiger partial charge in [0.15, 0.2) is 11.7 Å². The van der Waals surface area contributed by atoms with Gasteiger partial charge < -0.3 is 53.6 Å². The number of hydrogen-bond donors (Lipinski definition) is 4. The Hall–Kier alpha value is -2.59. The number of epoxide rings is 1. The molecule has 16 atom stereocenters. The molecule has 0 aromatic carbocycles. The Labute approximate surface area is 271 Å². The summed E-state index contributed by atoms with van der Waals surface area (Å²) in [7, 11) is 2.30. The average Bonchev–Trinajstić information content (AvgIpc) is 3.30. The third-order valence-electron chi connectivity index (χ3n) is 13.6. The van der Waals surface area contributed by atoms with Crippen molar-refractivity contribution in [3.05, 3.63) is 24.0 Å². The van der Waals surface area contributed by atoms with Gasteiger partial charge >= 0.3 is 17.9 Å². The van der Waals surface area contributed by atoms with E-state index in [9.17, 15) is 34.8 Å². The smallest absolute Gasteiger partial charge is 0.335 e. The third-order valence-corrected chi connectivity index (χ3v) is 13.6. The molecule has 4 heterocycles. The van der Waals surface area contributed by atoms with E-state index in [1.54, 1.807) is 40.7 Å². The molecule has 0 aromatic rings. The van der Waals surface area contributed by atoms with Crippen LogP contribution in [0.4, 0.5) is 0 Å². The molecular formula is C33H44O14. The molecule has 7 aliphatic rings. The van der Waals surface area contributed by atoms with Crippen molar-refractivity contribution in [1.29, 1.82) is 0 Å². The van der Waals surface area contributed by atoms with E-state index in [4.69, 9.17) is 33.2 Å². The van der Waals surface area contributed by atoms with Gasteiger partial charge in [-0.1, -0.05) is 19.9 Å². The van der Waals surface area contributed by atoms with E-state index < -0.39 is 112 Å². The van der Waals surface area contributed by atoms with Gasteiger partial charge in [0.2, 0.25) is 6.29 Å². The first kappa shape index (κ1) is 32.9. The van der Waals surface area contributed by atoms with Crippen molar-refractivity contribution in [3.63, 3.8) is 0 Å². The lowest BCUT2D eigenvalue weighted by atomic mass is 9.37. The van der Waals surface area contributed by atoms with Crippen LogP contribution < -0.4 is 0 Å². The molecule has 7 rings (SSSR count). The molecule has 0 radical (unpaired) electrons. The van der Waals surface area contributed by atoms with Gasteiger partial charge in [-0.3, -0.25) is 4.79 Å². The van der Waals surface area contributed by atoms with Crippen LogP contribution in [0.15, 0.2) is 24.0 Å². The summed E-state index contributed by atoms with van der Waals surface area (Å²) in [6, 6.07) is 0. The van der Waals surface area contributed by atoms with Crippen LogP contribution in [0.5, 0.6) is 0 Å². The standard InChI is InChI=1S/C33H44O14/c1-8-14(2)24(37)45-17-12-16(34)28(3)21(19(35)25(38)41-6)29(4,23(36)20-22(28)31(17,13-44-20)26(39)42-7)33-18-11-15(30(33,5)47-33)32(40)9-10-43-27(32)46-18/h8-10,15-23,27,34-36,40H,11-13H2,1-7H3. The van der Waals surface area contributed by atoms with E-state index in [0.717, 1.165) is 7.11 Å². The Kier molecular flexibility index (Phi) is 7.00. The molecule has 0 spiro atoms. The summed E-state index contributed by atoms with van der Waals surface area (Å²) in [5.74, 6) is -5.56. The highest BCUT2D eigenvalue weighted by atomic mass is 16.7. The Morgan fingerprint density at radius 1 is 1.09 bits per heavy atom. The minimum atomic E-state index is -1.94. The predicted molar refractivity (Wildman–Crippen MR) is 156 cm³/mol. The minimum Gasteiger partial charge on any atom is -0.469 e. The van der Waals surface area contributed by atoms with Gasteiger partial charge in [-0.2, -0.15) is 0 Å². The molecule has 16 unspecified atom stereocenters. The SMILES string of the molecule is CC=C(C)C(=O)OC1CC(O)C2(C)C3C(OCC13C(=O)OC)C(O)C(C)(C13OC1(C)C1CC3OC3OC=CC31O)C2C(O)C(=O)OC. The van der Waals surface area contributed by atoms with Crippen molar-refractivity contribution in [1.82, 2.24) is 0 Å². The highest BCUT2D eigenvalue weighted by Crippen LogP contribution is 2.81. The number of aliphatic hydroxyl groups excluding tert-OH is 3. The normalized spacial score (nSPS) is 54.0. The number of allylic oxidation sites excluding steroid dienone is 1. The Bertz CT molecular complexity index is 1460. The number of fused-ring (bicyclic) bond motifs is 7. The van der Waals surface area contributed by atoms with E-state index in [1.807, 2.05) is 0 Å². The molecule has 4 aliphatic heterocycles. The molecule has 14 heteroatoms. The number of aliphatic hydroxyl groups is 4. The highest BCUT2D eigenvalue weighted by Gasteiger charge is 2.94. The molecule has 47 heavy (non-hydrogen) atoms. The van der Waals surface area contributed by atoms with Crippen molar-refractivity contribution in [3.8, 4) is 0 Å². The maximum Gasteiger partial charge on any atom is 0.335 e. The molecule has 4 N–H and O–H groups in total. The van der Waals surface area contributed by atoms with Crippen LogP contribution in [0.25, 0.3) is 0 Å². The van der Waals surface area contributed by atoms with Gasteiger partial charge in [0.1, 0.15) is 22.7 Å². The lowest BCUT2D eigenvalue weighted by molar-refractivity contribution is -0.308. The first-order chi connectivity index (χ1) is 22.0. The van der Waals surface area contributed by atoms with Crippen molar-refractivity contribution < 1.29 is 68.0 Å². The Morgan fingerprint density at radius 2 is 1.79 bits per heavy atom. The van der Waals surface area contributed by atoms with Crippen LogP contribution in [-0.4, -0.2) is 119 Å². The van der Waals surface area contributed by atoms with Crippen molar-refractivity contribution in [2.45, 2.75) is 107 Å². The molecule has 6 fully saturated rings.